The zero-order valence-corrected chi connectivity index (χ0v) is 86.9. The van der Waals surface area contributed by atoms with Crippen LogP contribution in [-0.2, 0) is 35.9 Å². The summed E-state index contributed by atoms with van der Waals surface area (Å²) in [7, 11) is 0. The third kappa shape index (κ3) is 15.8. The van der Waals surface area contributed by atoms with E-state index >= 15 is 0 Å². The highest BCUT2D eigenvalue weighted by Gasteiger charge is 2.60. The van der Waals surface area contributed by atoms with Gasteiger partial charge >= 0.3 is 0 Å². The van der Waals surface area contributed by atoms with Crippen LogP contribution in [0.5, 0.6) is 0 Å². The molecular weight excluding hydrogens is 1810 g/mol. The molecule has 0 nitrogen and oxygen atoms in total. The van der Waals surface area contributed by atoms with E-state index in [4.69, 9.17) is 6.58 Å². The average molecular weight is 1970 g/mol. The molecule has 11 atom stereocenters. The zero-order chi connectivity index (χ0) is 89.0. The molecule has 10 aliphatic carbocycles. The Hall–Kier alpha value is -5.34. The fraction of sp³-hybridized carbons (Fsp3) is 0.545. The van der Waals surface area contributed by atoms with Gasteiger partial charge in [0.25, 0.3) is 0 Å². The van der Waals surface area contributed by atoms with Crippen LogP contribution in [-0.4, -0.2) is 2.33 Å². The molecule has 666 valence electrons. The Morgan fingerprint density at radius 3 is 1.36 bits per heavy atom. The predicted octanol–water partition coefficient (Wildman–Crippen LogP) is 36.7. The molecule has 0 heterocycles. The van der Waals surface area contributed by atoms with Crippen molar-refractivity contribution >= 4 is 66.7 Å². The highest BCUT2D eigenvalue weighted by Crippen LogP contribution is 2.70. The third-order valence-corrected chi connectivity index (χ3v) is 38.9. The largest absolute Gasteiger partial charge is 0.0986 e. The lowest BCUT2D eigenvalue weighted by Gasteiger charge is -2.47. The highest BCUT2D eigenvalue weighted by atomic mass is 127. The number of allylic oxidation sites excluding steroid dienone is 7. The standard InChI is InChI=1S/C123H153BrI2/c1-74(2)44-54-118(55-45-75(3)4)104-25-23-22-24-92(104)95-36-28-85(66-108(95)118)83-26-34-93-94-35-27-84(65-106(94)116(18,19)105(93)64-83)86-29-37-96-97-38-30-87(68-110(97)119(109(96)67-86,56-46-76(5)6)57-47-77(7)8)88-31-39-98-101-52-62-122(125,72-113(101)120(111(98)69-88,58-48-78(9)10)59-49-79(11)12)90-33-41-100-103-43-42-91(82(17)115(103)117(20,21)107(100)71-90)89-32-40-99-102-53-63-123(124,126)73-114(102)121(112(99)70-89,60-50-80(13)14)61-51-81(15)16/h22-43,64-71,74-81,91,97,101-103,110,113-115H,17,44-63,72-73H2,1-16,18-21H3/t91-,97?,101?,102?,103?,110?,113?,114?,115?,122?,123?/m0/s1. The summed E-state index contributed by atoms with van der Waals surface area (Å²) in [5.41, 5.74) is 37.7. The first-order valence-corrected chi connectivity index (χ1v) is 53.8. The first-order valence-electron chi connectivity index (χ1n) is 50.9. The average Bonchev–Trinajstić information content (AvgIpc) is 1.59. The molecule has 10 aliphatic rings. The molecule has 0 aliphatic heterocycles. The maximum atomic E-state index is 5.27. The number of hydrogen-bond acceptors (Lipinski definition) is 0. The molecule has 8 aromatic rings. The molecule has 3 heteroatoms. The Kier molecular flexibility index (Phi) is 25.0. The van der Waals surface area contributed by atoms with Crippen molar-refractivity contribution in [3.63, 3.8) is 0 Å². The van der Waals surface area contributed by atoms with Crippen LogP contribution in [0.4, 0.5) is 0 Å². The quantitative estimate of drug-likeness (QED) is 0.0249. The van der Waals surface area contributed by atoms with E-state index in [1.54, 1.807) is 61.2 Å². The molecule has 0 saturated heterocycles. The van der Waals surface area contributed by atoms with Crippen LogP contribution in [0, 0.1) is 71.0 Å². The topological polar surface area (TPSA) is 0 Å². The Balaban J connectivity index is 0.642. The van der Waals surface area contributed by atoms with E-state index in [1.165, 1.54) is 219 Å². The monoisotopic (exact) mass is 1960 g/mol. The number of halogens is 3. The lowest BCUT2D eigenvalue weighted by molar-refractivity contribution is 0.146. The normalized spacial score (nSPS) is 26.4. The minimum absolute atomic E-state index is 0.00340. The van der Waals surface area contributed by atoms with Crippen molar-refractivity contribution in [2.75, 3.05) is 0 Å². The first-order chi connectivity index (χ1) is 59.9. The zero-order valence-electron chi connectivity index (χ0n) is 81.0. The van der Waals surface area contributed by atoms with Crippen LogP contribution in [0.3, 0.4) is 0 Å². The van der Waals surface area contributed by atoms with Crippen molar-refractivity contribution in [2.45, 2.75) is 348 Å². The minimum Gasteiger partial charge on any atom is -0.0986 e. The molecule has 18 rings (SSSR count). The Morgan fingerprint density at radius 2 is 0.802 bits per heavy atom. The molecule has 8 aromatic carbocycles. The highest BCUT2D eigenvalue weighted by molar-refractivity contribution is 14.1. The van der Waals surface area contributed by atoms with Crippen molar-refractivity contribution in [1.82, 2.24) is 0 Å². The number of benzene rings is 8. The molecule has 0 bridgehead atoms. The first kappa shape index (κ1) is 91.2. The van der Waals surface area contributed by atoms with Gasteiger partial charge in [0, 0.05) is 37.4 Å². The van der Waals surface area contributed by atoms with E-state index in [9.17, 15) is 0 Å². The van der Waals surface area contributed by atoms with Gasteiger partial charge in [-0.15, -0.1) is 0 Å². The Labute approximate surface area is 800 Å². The second-order valence-corrected chi connectivity index (χ2v) is 54.8. The van der Waals surface area contributed by atoms with Gasteiger partial charge in [-0.05, 0) is 354 Å². The van der Waals surface area contributed by atoms with E-state index in [2.05, 4.69) is 382 Å². The van der Waals surface area contributed by atoms with Crippen LogP contribution in [0.25, 0.3) is 50.1 Å². The number of rotatable bonds is 29. The van der Waals surface area contributed by atoms with Gasteiger partial charge in [0.15, 0.2) is 0 Å². The van der Waals surface area contributed by atoms with Crippen LogP contribution >= 0.6 is 61.1 Å². The van der Waals surface area contributed by atoms with Crippen molar-refractivity contribution < 1.29 is 0 Å². The molecule has 0 aromatic heterocycles. The Bertz CT molecular complexity index is 5500. The smallest absolute Gasteiger partial charge is 0.0773 e. The summed E-state index contributed by atoms with van der Waals surface area (Å²) in [4.78, 5) is 0. The van der Waals surface area contributed by atoms with Gasteiger partial charge in [0.1, 0.15) is 0 Å². The lowest BCUT2D eigenvalue weighted by atomic mass is 9.59. The van der Waals surface area contributed by atoms with Crippen LogP contribution < -0.4 is 0 Å². The van der Waals surface area contributed by atoms with Crippen LogP contribution in [0.1, 0.15) is 393 Å². The maximum absolute atomic E-state index is 5.27. The van der Waals surface area contributed by atoms with Crippen LogP contribution in [0.15, 0.2) is 194 Å². The summed E-state index contributed by atoms with van der Waals surface area (Å²) in [6.07, 6.45) is 40.8. The molecule has 0 spiro atoms. The number of fused-ring (bicyclic) bond motifs is 18. The van der Waals surface area contributed by atoms with Crippen molar-refractivity contribution in [1.29, 1.82) is 0 Å². The van der Waals surface area contributed by atoms with Crippen molar-refractivity contribution in [2.24, 2.45) is 71.0 Å². The van der Waals surface area contributed by atoms with Gasteiger partial charge in [-0.2, -0.15) is 0 Å². The van der Waals surface area contributed by atoms with Gasteiger partial charge in [-0.3, -0.25) is 0 Å². The fourth-order valence-corrected chi connectivity index (χ4v) is 30.9. The number of alkyl halides is 3. The summed E-state index contributed by atoms with van der Waals surface area (Å²) < 4.78 is 0.208. The minimum atomic E-state index is -0.174. The molecule has 126 heavy (non-hydrogen) atoms. The van der Waals surface area contributed by atoms with Gasteiger partial charge in [-0.1, -0.05) is 414 Å². The van der Waals surface area contributed by atoms with Crippen molar-refractivity contribution in [3.8, 4) is 44.5 Å². The molecule has 0 N–H and O–H groups in total. The maximum Gasteiger partial charge on any atom is 0.0773 e. The lowest BCUT2D eigenvalue weighted by Crippen LogP contribution is -2.41. The summed E-state index contributed by atoms with van der Waals surface area (Å²) >= 11 is 10.2. The second kappa shape index (κ2) is 34.6. The summed E-state index contributed by atoms with van der Waals surface area (Å²) in [6.45, 7) is 54.9. The van der Waals surface area contributed by atoms with Crippen LogP contribution in [0.2, 0.25) is 0 Å². The summed E-state index contributed by atoms with van der Waals surface area (Å²) in [6, 6.07) is 64.2. The van der Waals surface area contributed by atoms with Crippen molar-refractivity contribution in [3.05, 3.63) is 278 Å². The molecule has 2 saturated carbocycles. The van der Waals surface area contributed by atoms with E-state index in [0.717, 1.165) is 0 Å². The van der Waals surface area contributed by atoms with E-state index in [1.807, 2.05) is 0 Å². The van der Waals surface area contributed by atoms with E-state index < -0.39 is 0 Å². The molecular formula is C123H153BrI2. The van der Waals surface area contributed by atoms with Gasteiger partial charge in [0.05, 0.1) is 2.33 Å². The molecule has 0 amide bonds. The second-order valence-electron chi connectivity index (χ2n) is 47.6. The van der Waals surface area contributed by atoms with E-state index in [-0.39, 0.29) is 44.2 Å². The van der Waals surface area contributed by atoms with E-state index in [0.29, 0.717) is 94.7 Å². The van der Waals surface area contributed by atoms with Gasteiger partial charge in [-0.25, -0.2) is 0 Å². The summed E-state index contributed by atoms with van der Waals surface area (Å²) in [5.74, 6) is 9.29. The van der Waals surface area contributed by atoms with Gasteiger partial charge in [0.2, 0.25) is 0 Å². The molecule has 2 fully saturated rings. The third-order valence-electron chi connectivity index (χ3n) is 35.6. The fourth-order valence-electron chi connectivity index (χ4n) is 28.5. The van der Waals surface area contributed by atoms with Gasteiger partial charge < -0.3 is 0 Å². The molecule has 10 unspecified atom stereocenters. The summed E-state index contributed by atoms with van der Waals surface area (Å²) in [5, 5.41) is 0. The number of hydrogen-bond donors (Lipinski definition) is 0. The SMILES string of the molecule is C=C1C2C(C=C[C@@H]1c1ccc3c(c1)C(CCC(C)C)(CCC(C)C)C1CC(Br)(I)CCC31)c1ccc(C3(I)CCC4c5ccc(C6=CC7C(C=C6)c6ccc(-c8ccc9c(c8)C(C)(C)c8cc(-c%10ccc%11c(c%10)C(CCC(C)C)(CCC(C)C)c%10ccccc%10-%11)ccc8-9)cc6C7(CCC(C)C)CCC(C)C)cc5C(CCC(C)C)(CCC(C)C)C4C3)cc1C2(C)C. The predicted molar refractivity (Wildman–Crippen MR) is 563 cm³/mol. The Morgan fingerprint density at radius 1 is 0.381 bits per heavy atom. The molecule has 0 radical (unpaired) electrons.